The van der Waals surface area contributed by atoms with Gasteiger partial charge in [-0.15, -0.1) is 0 Å². The number of carbonyl (C=O) groups excluding carboxylic acids is 1. The van der Waals surface area contributed by atoms with Gasteiger partial charge in [-0.1, -0.05) is 36.2 Å². The van der Waals surface area contributed by atoms with Gasteiger partial charge in [-0.2, -0.15) is 0 Å². The molecule has 2 fully saturated rings. The number of carbonyl (C=O) groups is 1. The zero-order chi connectivity index (χ0) is 13.8. The molecule has 3 unspecified atom stereocenters. The molecule has 110 valence electrons. The normalized spacial score (nSPS) is 29.2. The molecule has 0 aliphatic heterocycles. The van der Waals surface area contributed by atoms with Crippen LogP contribution in [-0.4, -0.2) is 28.7 Å². The molecule has 0 heterocycles. The number of rotatable bonds is 7. The van der Waals surface area contributed by atoms with E-state index in [1.807, 2.05) is 0 Å². The quantitative estimate of drug-likeness (QED) is 0.640. The Bertz CT molecular complexity index is 303. The minimum Gasteiger partial charge on any atom is -0.339 e. The van der Waals surface area contributed by atoms with Crippen LogP contribution in [0.3, 0.4) is 0 Å². The summed E-state index contributed by atoms with van der Waals surface area (Å²) in [4.78, 5) is 14.8. The van der Waals surface area contributed by atoms with Crippen LogP contribution in [-0.2, 0) is 4.79 Å². The first-order chi connectivity index (χ1) is 9.19. The topological polar surface area (TPSA) is 20.3 Å². The molecule has 0 saturated heterocycles. The fourth-order valence-electron chi connectivity index (χ4n) is 4.30. The molecule has 0 spiro atoms. The summed E-state index contributed by atoms with van der Waals surface area (Å²) in [5.41, 5.74) is 0. The lowest BCUT2D eigenvalue weighted by Gasteiger charge is -2.32. The van der Waals surface area contributed by atoms with Crippen LogP contribution >= 0.6 is 15.9 Å². The summed E-state index contributed by atoms with van der Waals surface area (Å²) in [7, 11) is 0. The van der Waals surface area contributed by atoms with E-state index < -0.39 is 0 Å². The van der Waals surface area contributed by atoms with Gasteiger partial charge in [0.2, 0.25) is 5.91 Å². The lowest BCUT2D eigenvalue weighted by atomic mass is 9.86. The molecular formula is C16H28BrNO. The summed E-state index contributed by atoms with van der Waals surface area (Å²) in [6, 6.07) is 0.434. The number of halogens is 1. The third-order valence-corrected chi connectivity index (χ3v) is 5.71. The van der Waals surface area contributed by atoms with Crippen molar-refractivity contribution in [2.45, 2.75) is 64.8 Å². The predicted octanol–water partition coefficient (Wildman–Crippen LogP) is 4.22. The summed E-state index contributed by atoms with van der Waals surface area (Å²) in [6.45, 7) is 5.26. The van der Waals surface area contributed by atoms with Crippen molar-refractivity contribution in [3.63, 3.8) is 0 Å². The molecule has 0 aromatic carbocycles. The van der Waals surface area contributed by atoms with Crippen molar-refractivity contribution < 1.29 is 4.79 Å². The predicted molar refractivity (Wildman–Crippen MR) is 83.4 cm³/mol. The van der Waals surface area contributed by atoms with Gasteiger partial charge < -0.3 is 4.90 Å². The van der Waals surface area contributed by atoms with Gasteiger partial charge in [0.1, 0.15) is 0 Å². The van der Waals surface area contributed by atoms with Crippen molar-refractivity contribution in [2.24, 2.45) is 17.8 Å². The molecule has 0 radical (unpaired) electrons. The molecular weight excluding hydrogens is 302 g/mol. The lowest BCUT2D eigenvalue weighted by molar-refractivity contribution is -0.134. The minimum atomic E-state index is 0.408. The third kappa shape index (κ3) is 3.53. The van der Waals surface area contributed by atoms with E-state index in [0.29, 0.717) is 17.9 Å². The van der Waals surface area contributed by atoms with Crippen molar-refractivity contribution in [3.05, 3.63) is 0 Å². The number of amides is 1. The Kier molecular flexibility index (Phi) is 5.73. The van der Waals surface area contributed by atoms with Crippen LogP contribution < -0.4 is 0 Å². The molecule has 3 heteroatoms. The van der Waals surface area contributed by atoms with E-state index in [0.717, 1.165) is 43.0 Å². The molecule has 3 atom stereocenters. The van der Waals surface area contributed by atoms with Crippen LogP contribution in [0.15, 0.2) is 0 Å². The van der Waals surface area contributed by atoms with Crippen molar-refractivity contribution in [3.8, 4) is 0 Å². The summed E-state index contributed by atoms with van der Waals surface area (Å²) in [6.07, 6.45) is 8.49. The first-order valence-corrected chi connectivity index (χ1v) is 9.17. The second kappa shape index (κ2) is 7.10. The van der Waals surface area contributed by atoms with Crippen LogP contribution in [0.1, 0.15) is 58.8 Å². The van der Waals surface area contributed by atoms with Gasteiger partial charge in [-0.05, 0) is 49.9 Å². The molecule has 0 aromatic heterocycles. The van der Waals surface area contributed by atoms with Crippen molar-refractivity contribution in [1.29, 1.82) is 0 Å². The number of hydrogen-bond acceptors (Lipinski definition) is 1. The van der Waals surface area contributed by atoms with Gasteiger partial charge >= 0.3 is 0 Å². The monoisotopic (exact) mass is 329 g/mol. The van der Waals surface area contributed by atoms with Gasteiger partial charge in [-0.25, -0.2) is 0 Å². The Morgan fingerprint density at radius 1 is 1.26 bits per heavy atom. The highest BCUT2D eigenvalue weighted by Gasteiger charge is 2.40. The average molecular weight is 330 g/mol. The largest absolute Gasteiger partial charge is 0.339 e. The Morgan fingerprint density at radius 2 is 2.00 bits per heavy atom. The molecule has 1 amide bonds. The summed E-state index contributed by atoms with van der Waals surface area (Å²) >= 11 is 3.50. The molecule has 0 N–H and O–H groups in total. The summed E-state index contributed by atoms with van der Waals surface area (Å²) < 4.78 is 0. The van der Waals surface area contributed by atoms with E-state index in [1.165, 1.54) is 25.7 Å². The molecule has 0 aromatic rings. The van der Waals surface area contributed by atoms with E-state index in [4.69, 9.17) is 0 Å². The molecule has 19 heavy (non-hydrogen) atoms. The van der Waals surface area contributed by atoms with E-state index >= 15 is 0 Å². The Labute approximate surface area is 126 Å². The molecule has 2 saturated carbocycles. The van der Waals surface area contributed by atoms with E-state index in [1.54, 1.807) is 0 Å². The minimum absolute atomic E-state index is 0.408. The van der Waals surface area contributed by atoms with Crippen molar-refractivity contribution in [1.82, 2.24) is 4.90 Å². The Morgan fingerprint density at radius 3 is 2.47 bits per heavy atom. The van der Waals surface area contributed by atoms with Gasteiger partial charge in [0.15, 0.2) is 0 Å². The zero-order valence-corrected chi connectivity index (χ0v) is 14.0. The van der Waals surface area contributed by atoms with Gasteiger partial charge in [0, 0.05) is 24.3 Å². The fourth-order valence-corrected chi connectivity index (χ4v) is 4.68. The average Bonchev–Trinajstić information content (AvgIpc) is 3.01. The second-order valence-corrected chi connectivity index (χ2v) is 7.18. The first kappa shape index (κ1) is 15.3. The van der Waals surface area contributed by atoms with Crippen molar-refractivity contribution in [2.75, 3.05) is 11.9 Å². The molecule has 2 aliphatic carbocycles. The molecule has 2 aliphatic rings. The van der Waals surface area contributed by atoms with E-state index in [2.05, 4.69) is 34.7 Å². The van der Waals surface area contributed by atoms with Crippen LogP contribution in [0.2, 0.25) is 0 Å². The van der Waals surface area contributed by atoms with E-state index in [9.17, 15) is 4.79 Å². The van der Waals surface area contributed by atoms with Crippen LogP contribution in [0.4, 0.5) is 0 Å². The Balaban J connectivity index is 1.91. The molecule has 2 rings (SSSR count). The Hall–Kier alpha value is -0.0500. The number of nitrogens with zero attached hydrogens (tertiary/aromatic N) is 1. The number of alkyl halides is 1. The number of hydrogen-bond donors (Lipinski definition) is 0. The first-order valence-electron chi connectivity index (χ1n) is 8.04. The van der Waals surface area contributed by atoms with Gasteiger partial charge in [-0.3, -0.25) is 4.79 Å². The smallest absolute Gasteiger partial charge is 0.223 e. The maximum Gasteiger partial charge on any atom is 0.223 e. The summed E-state index contributed by atoms with van der Waals surface area (Å²) in [5.74, 6) is 2.91. The van der Waals surface area contributed by atoms with Crippen LogP contribution in [0.25, 0.3) is 0 Å². The van der Waals surface area contributed by atoms with E-state index in [-0.39, 0.29) is 0 Å². The summed E-state index contributed by atoms with van der Waals surface area (Å²) in [5, 5.41) is 0.895. The van der Waals surface area contributed by atoms with Crippen molar-refractivity contribution >= 4 is 21.8 Å². The molecule has 2 bridgehead atoms. The second-order valence-electron chi connectivity index (χ2n) is 6.39. The number of fused-ring (bicyclic) bond motifs is 2. The standard InChI is InChI=1S/C16H28BrNO/c1-3-15(4-2)18(8-7-17)16(19)11-14-10-12-5-6-13(14)9-12/h12-15H,3-11H2,1-2H3. The highest BCUT2D eigenvalue weighted by molar-refractivity contribution is 9.09. The van der Waals surface area contributed by atoms with Crippen LogP contribution in [0.5, 0.6) is 0 Å². The van der Waals surface area contributed by atoms with Gasteiger partial charge in [0.05, 0.1) is 0 Å². The molecule has 2 nitrogen and oxygen atoms in total. The zero-order valence-electron chi connectivity index (χ0n) is 12.4. The van der Waals surface area contributed by atoms with Gasteiger partial charge in [0.25, 0.3) is 0 Å². The highest BCUT2D eigenvalue weighted by atomic mass is 79.9. The maximum absolute atomic E-state index is 12.6. The van der Waals surface area contributed by atoms with Crippen LogP contribution in [0, 0.1) is 17.8 Å². The highest BCUT2D eigenvalue weighted by Crippen LogP contribution is 2.49. The SMILES string of the molecule is CCC(CC)N(CCBr)C(=O)CC1CC2CCC1C2. The lowest BCUT2D eigenvalue weighted by Crippen LogP contribution is -2.42. The fraction of sp³-hybridized carbons (Fsp3) is 0.938. The maximum atomic E-state index is 12.6. The third-order valence-electron chi connectivity index (χ3n) is 5.35.